The smallest absolute Gasteiger partial charge is 0.163 e. The van der Waals surface area contributed by atoms with Gasteiger partial charge in [0.25, 0.3) is 0 Å². The molecule has 1 saturated heterocycles. The van der Waals surface area contributed by atoms with Gasteiger partial charge in [0, 0.05) is 41.9 Å². The molecule has 4 heteroatoms. The number of hydrogen-bond acceptors (Lipinski definition) is 4. The van der Waals surface area contributed by atoms with E-state index in [1.165, 1.54) is 36.9 Å². The second-order valence-electron chi connectivity index (χ2n) is 9.47. The molecule has 1 N–H and O–H groups in total. The summed E-state index contributed by atoms with van der Waals surface area (Å²) in [5.41, 5.74) is 3.41. The molecule has 1 saturated carbocycles. The first-order valence-electron chi connectivity index (χ1n) is 11.6. The number of Topliss-reactive ketones (excluding diaryl/α,β-unsaturated/α-hetero) is 1. The van der Waals surface area contributed by atoms with E-state index in [2.05, 4.69) is 23.5 Å². The van der Waals surface area contributed by atoms with Crippen molar-refractivity contribution in [3.8, 4) is 0 Å². The molecule has 0 radical (unpaired) electrons. The maximum Gasteiger partial charge on any atom is 0.163 e. The molecule has 1 aromatic carbocycles. The summed E-state index contributed by atoms with van der Waals surface area (Å²) in [4.78, 5) is 17.1. The fourth-order valence-corrected chi connectivity index (χ4v) is 6.11. The monoisotopic (exact) mass is 404 g/mol. The summed E-state index contributed by atoms with van der Waals surface area (Å²) in [7, 11) is 0. The largest absolute Gasteiger partial charge is 0.375 e. The molecule has 3 aliphatic rings. The highest BCUT2D eigenvalue weighted by atomic mass is 16.5. The lowest BCUT2D eigenvalue weighted by Gasteiger charge is -2.46. The summed E-state index contributed by atoms with van der Waals surface area (Å²) >= 11 is 0. The van der Waals surface area contributed by atoms with E-state index >= 15 is 0 Å². The average molecular weight is 405 g/mol. The minimum atomic E-state index is 0.0552. The number of pyridine rings is 1. The number of ether oxygens (including phenoxy) is 1. The molecule has 1 aliphatic heterocycles. The van der Waals surface area contributed by atoms with Gasteiger partial charge in [0.05, 0.1) is 5.60 Å². The van der Waals surface area contributed by atoms with Crippen LogP contribution < -0.4 is 5.32 Å². The Kier molecular flexibility index (Phi) is 5.46. The summed E-state index contributed by atoms with van der Waals surface area (Å²) in [6.45, 7) is 1.76. The van der Waals surface area contributed by atoms with Crippen molar-refractivity contribution >= 4 is 5.78 Å². The van der Waals surface area contributed by atoms with Gasteiger partial charge in [-0.05, 0) is 62.8 Å². The number of hydrogen-bond donors (Lipinski definition) is 1. The Labute approximate surface area is 179 Å². The van der Waals surface area contributed by atoms with E-state index in [0.29, 0.717) is 6.42 Å². The topological polar surface area (TPSA) is 51.2 Å². The minimum Gasteiger partial charge on any atom is -0.375 e. The van der Waals surface area contributed by atoms with Crippen molar-refractivity contribution in [2.45, 2.75) is 74.8 Å². The lowest BCUT2D eigenvalue weighted by molar-refractivity contribution is -0.104. The normalized spacial score (nSPS) is 27.9. The van der Waals surface area contributed by atoms with Crippen LogP contribution in [0.5, 0.6) is 0 Å². The summed E-state index contributed by atoms with van der Waals surface area (Å²) in [5.74, 6) is 0.279. The molecule has 30 heavy (non-hydrogen) atoms. The van der Waals surface area contributed by atoms with E-state index in [0.717, 1.165) is 44.4 Å². The van der Waals surface area contributed by atoms with Crippen LogP contribution in [0.1, 0.15) is 85.4 Å². The highest BCUT2D eigenvalue weighted by Gasteiger charge is 2.48. The summed E-state index contributed by atoms with van der Waals surface area (Å²) < 4.78 is 6.37. The second kappa shape index (κ2) is 8.24. The quantitative estimate of drug-likeness (QED) is 0.750. The fourth-order valence-electron chi connectivity index (χ4n) is 6.11. The van der Waals surface area contributed by atoms with Gasteiger partial charge < -0.3 is 10.1 Å². The van der Waals surface area contributed by atoms with Gasteiger partial charge in [-0.1, -0.05) is 43.2 Å². The molecule has 158 valence electrons. The Hall–Kier alpha value is -2.04. The number of rotatable bonds is 5. The number of fused-ring (bicyclic) bond motifs is 1. The van der Waals surface area contributed by atoms with Crippen LogP contribution in [-0.2, 0) is 10.2 Å². The Balaban J connectivity index is 1.34. The predicted octanol–water partition coefficient (Wildman–Crippen LogP) is 5.14. The Morgan fingerprint density at radius 1 is 1.07 bits per heavy atom. The number of nitrogens with zero attached hydrogens (tertiary/aromatic N) is 1. The van der Waals surface area contributed by atoms with Crippen LogP contribution in [0.25, 0.3) is 0 Å². The van der Waals surface area contributed by atoms with Crippen molar-refractivity contribution in [2.24, 2.45) is 0 Å². The van der Waals surface area contributed by atoms with Gasteiger partial charge >= 0.3 is 0 Å². The number of benzene rings is 1. The molecule has 0 amide bonds. The maximum atomic E-state index is 12.3. The second-order valence-corrected chi connectivity index (χ2v) is 9.47. The summed E-state index contributed by atoms with van der Waals surface area (Å²) in [6.07, 6.45) is 11.6. The van der Waals surface area contributed by atoms with E-state index in [1.54, 1.807) is 0 Å². The van der Waals surface area contributed by atoms with E-state index in [-0.39, 0.29) is 22.8 Å². The third-order valence-corrected chi connectivity index (χ3v) is 7.66. The zero-order chi connectivity index (χ0) is 20.4. The SMILES string of the molecule is O=C1CC[C@H](NCC[C@@]2(c3ccccn3)CCOC3(CCCC3)C2)c2ccccc21. The van der Waals surface area contributed by atoms with Gasteiger partial charge in [-0.2, -0.15) is 0 Å². The van der Waals surface area contributed by atoms with E-state index < -0.39 is 0 Å². The van der Waals surface area contributed by atoms with Crippen LogP contribution in [0.3, 0.4) is 0 Å². The average Bonchev–Trinajstić information content (AvgIpc) is 3.23. The van der Waals surface area contributed by atoms with Crippen molar-refractivity contribution < 1.29 is 9.53 Å². The van der Waals surface area contributed by atoms with Crippen LogP contribution in [0.2, 0.25) is 0 Å². The highest BCUT2D eigenvalue weighted by molar-refractivity contribution is 5.98. The number of nitrogens with one attached hydrogen (secondary N) is 1. The number of carbonyl (C=O) groups excluding carboxylic acids is 1. The Morgan fingerprint density at radius 2 is 1.90 bits per heavy atom. The third-order valence-electron chi connectivity index (χ3n) is 7.66. The van der Waals surface area contributed by atoms with Crippen molar-refractivity contribution in [1.29, 1.82) is 0 Å². The molecule has 1 aromatic heterocycles. The molecular weight excluding hydrogens is 372 g/mol. The maximum absolute atomic E-state index is 12.3. The van der Waals surface area contributed by atoms with E-state index in [4.69, 9.17) is 9.72 Å². The van der Waals surface area contributed by atoms with E-state index in [1.807, 2.05) is 30.5 Å². The first-order chi connectivity index (χ1) is 14.7. The van der Waals surface area contributed by atoms with Crippen LogP contribution in [0.15, 0.2) is 48.7 Å². The zero-order valence-corrected chi connectivity index (χ0v) is 17.7. The molecule has 2 aliphatic carbocycles. The summed E-state index contributed by atoms with van der Waals surface area (Å²) in [5, 5.41) is 3.80. The van der Waals surface area contributed by atoms with Crippen molar-refractivity contribution in [1.82, 2.24) is 10.3 Å². The fraction of sp³-hybridized carbons (Fsp3) is 0.538. The van der Waals surface area contributed by atoms with Crippen LogP contribution in [0.4, 0.5) is 0 Å². The lowest BCUT2D eigenvalue weighted by Crippen LogP contribution is -2.47. The van der Waals surface area contributed by atoms with Gasteiger partial charge in [-0.15, -0.1) is 0 Å². The number of aromatic nitrogens is 1. The first kappa shape index (κ1) is 19.9. The molecule has 0 bridgehead atoms. The summed E-state index contributed by atoms with van der Waals surface area (Å²) in [6, 6.07) is 14.7. The van der Waals surface area contributed by atoms with Gasteiger partial charge in [0.15, 0.2) is 5.78 Å². The molecule has 2 aromatic rings. The molecule has 2 atom stereocenters. The van der Waals surface area contributed by atoms with Gasteiger partial charge in [-0.25, -0.2) is 0 Å². The molecule has 0 unspecified atom stereocenters. The Bertz CT molecular complexity index is 891. The predicted molar refractivity (Wildman–Crippen MR) is 118 cm³/mol. The van der Waals surface area contributed by atoms with Gasteiger partial charge in [0.1, 0.15) is 0 Å². The zero-order valence-electron chi connectivity index (χ0n) is 17.7. The third kappa shape index (κ3) is 3.72. The van der Waals surface area contributed by atoms with Gasteiger partial charge in [0.2, 0.25) is 0 Å². The molecule has 1 spiro atoms. The van der Waals surface area contributed by atoms with Crippen molar-refractivity contribution in [2.75, 3.05) is 13.2 Å². The molecule has 5 rings (SSSR count). The lowest BCUT2D eigenvalue weighted by atomic mass is 9.68. The molecule has 4 nitrogen and oxygen atoms in total. The van der Waals surface area contributed by atoms with Crippen LogP contribution in [-0.4, -0.2) is 29.5 Å². The number of carbonyl (C=O) groups is 1. The van der Waals surface area contributed by atoms with Crippen molar-refractivity contribution in [3.63, 3.8) is 0 Å². The minimum absolute atomic E-state index is 0.0552. The van der Waals surface area contributed by atoms with Crippen molar-refractivity contribution in [3.05, 3.63) is 65.5 Å². The van der Waals surface area contributed by atoms with E-state index in [9.17, 15) is 4.79 Å². The highest BCUT2D eigenvalue weighted by Crippen LogP contribution is 2.49. The van der Waals surface area contributed by atoms with Crippen LogP contribution >= 0.6 is 0 Å². The molecular formula is C26H32N2O2. The first-order valence-corrected chi connectivity index (χ1v) is 11.6. The molecule has 2 fully saturated rings. The molecule has 2 heterocycles. The Morgan fingerprint density at radius 3 is 2.73 bits per heavy atom. The van der Waals surface area contributed by atoms with Gasteiger partial charge in [-0.3, -0.25) is 9.78 Å². The number of ketones is 1. The standard InChI is InChI=1S/C26H32N2O2/c29-23-11-10-22(20-7-1-2-8-21(20)23)27-17-14-25(24-9-3-6-16-28-24)15-18-30-26(19-25)12-4-5-13-26/h1-3,6-9,16,22,27H,4-5,10-15,17-19H2/t22-,25+/m0/s1. The van der Waals surface area contributed by atoms with Crippen LogP contribution in [0, 0.1) is 0 Å².